The second kappa shape index (κ2) is 7.62. The van der Waals surface area contributed by atoms with Gasteiger partial charge in [0.2, 0.25) is 10.8 Å². The molecule has 0 heterocycles. The molecule has 0 aromatic heterocycles. The third-order valence-electron chi connectivity index (χ3n) is 3.57. The summed E-state index contributed by atoms with van der Waals surface area (Å²) in [6.45, 7) is 0. The van der Waals surface area contributed by atoms with Gasteiger partial charge in [0.25, 0.3) is 0 Å². The molecule has 7 nitrogen and oxygen atoms in total. The minimum absolute atomic E-state index is 0.208. The van der Waals surface area contributed by atoms with E-state index < -0.39 is 44.7 Å². The zero-order valence-electron chi connectivity index (χ0n) is 15.3. The van der Waals surface area contributed by atoms with E-state index in [-0.39, 0.29) is 11.3 Å². The predicted octanol–water partition coefficient (Wildman–Crippen LogP) is 4.03. The number of benzene rings is 2. The summed E-state index contributed by atoms with van der Waals surface area (Å²) in [5, 5.41) is 10.6. The molecule has 0 saturated heterocycles. The van der Waals surface area contributed by atoms with Crippen LogP contribution in [0, 0.1) is 21.7 Å². The van der Waals surface area contributed by atoms with Crippen molar-refractivity contribution in [2.75, 3.05) is 21.1 Å². The highest BCUT2D eigenvalue weighted by Crippen LogP contribution is 2.36. The number of halogens is 5. The van der Waals surface area contributed by atoms with Crippen LogP contribution in [0.4, 0.5) is 22.0 Å². The van der Waals surface area contributed by atoms with Crippen LogP contribution < -0.4 is 4.74 Å². The van der Waals surface area contributed by atoms with E-state index in [2.05, 4.69) is 0 Å². The van der Waals surface area contributed by atoms with Crippen LogP contribution in [0.5, 0.6) is 11.5 Å². The molecule has 2 aromatic rings. The van der Waals surface area contributed by atoms with Crippen molar-refractivity contribution in [3.63, 3.8) is 0 Å². The lowest BCUT2D eigenvalue weighted by molar-refractivity contribution is -1.09. The number of hydrogen-bond donors (Lipinski definition) is 0. The number of nitrogens with zero attached hydrogens (tertiary/aromatic N) is 3. The Balaban J connectivity index is 2.37. The lowest BCUT2D eigenvalue weighted by Gasteiger charge is -2.26. The molecule has 0 atom stereocenters. The fourth-order valence-corrected chi connectivity index (χ4v) is 2.33. The fourth-order valence-electron chi connectivity index (χ4n) is 2.33. The Kier molecular flexibility index (Phi) is 5.79. The number of ether oxygens (including phenoxy) is 1. The first-order chi connectivity index (χ1) is 13.2. The molecule has 0 bridgehead atoms. The van der Waals surface area contributed by atoms with Crippen molar-refractivity contribution in [1.29, 1.82) is 0 Å². The van der Waals surface area contributed by atoms with Crippen molar-refractivity contribution in [2.24, 2.45) is 0 Å². The molecule has 0 aliphatic carbocycles. The lowest BCUT2D eigenvalue weighted by Crippen LogP contribution is -2.57. The van der Waals surface area contributed by atoms with E-state index in [9.17, 15) is 36.9 Å². The van der Waals surface area contributed by atoms with Crippen LogP contribution in [0.15, 0.2) is 36.4 Å². The highest BCUT2D eigenvalue weighted by atomic mass is 19.4. The van der Waals surface area contributed by atoms with Crippen molar-refractivity contribution in [3.05, 3.63) is 69.3 Å². The Morgan fingerprint density at radius 3 is 2.24 bits per heavy atom. The van der Waals surface area contributed by atoms with Crippen LogP contribution in [-0.4, -0.2) is 41.8 Å². The Morgan fingerprint density at radius 2 is 1.72 bits per heavy atom. The molecule has 156 valence electrons. The second-order valence-corrected chi connectivity index (χ2v) is 6.64. The third-order valence-corrected chi connectivity index (χ3v) is 3.57. The van der Waals surface area contributed by atoms with Gasteiger partial charge in [-0.2, -0.15) is 22.2 Å². The predicted molar refractivity (Wildman–Crippen MR) is 89.1 cm³/mol. The lowest BCUT2D eigenvalue weighted by atomic mass is 10.1. The molecule has 0 aliphatic heterocycles. The average Bonchev–Trinajstić information content (AvgIpc) is 2.56. The number of quaternary nitrogens is 1. The molecule has 1 amide bonds. The van der Waals surface area contributed by atoms with E-state index in [0.717, 1.165) is 6.07 Å². The van der Waals surface area contributed by atoms with Gasteiger partial charge in [0, 0.05) is 0 Å². The van der Waals surface area contributed by atoms with Crippen LogP contribution >= 0.6 is 0 Å². The highest BCUT2D eigenvalue weighted by molar-refractivity contribution is 5.93. The molecule has 0 spiro atoms. The van der Waals surface area contributed by atoms with Crippen LogP contribution in [0.3, 0.4) is 0 Å². The summed E-state index contributed by atoms with van der Waals surface area (Å²) in [7, 11) is 4.13. The second-order valence-electron chi connectivity index (χ2n) is 6.64. The maximum Gasteiger partial charge on any atom is 0.419 e. The van der Waals surface area contributed by atoms with Crippen LogP contribution in [-0.2, 0) is 6.18 Å². The van der Waals surface area contributed by atoms with Gasteiger partial charge in [-0.15, -0.1) is 0 Å². The Hall–Kier alpha value is -3.28. The van der Waals surface area contributed by atoms with Crippen molar-refractivity contribution in [2.45, 2.75) is 6.18 Å². The van der Waals surface area contributed by atoms with Gasteiger partial charge in [-0.3, -0.25) is 4.79 Å². The molecule has 0 unspecified atom stereocenters. The zero-order valence-corrected chi connectivity index (χ0v) is 15.3. The minimum Gasteiger partial charge on any atom is -0.454 e. The molecule has 2 aromatic carbocycles. The molecule has 0 N–H and O–H groups in total. The summed E-state index contributed by atoms with van der Waals surface area (Å²) < 4.78 is 70.1. The number of hydrazine groups is 1. The van der Waals surface area contributed by atoms with Crippen LogP contribution in [0.2, 0.25) is 0 Å². The van der Waals surface area contributed by atoms with E-state index >= 15 is 0 Å². The van der Waals surface area contributed by atoms with E-state index in [1.807, 2.05) is 0 Å². The van der Waals surface area contributed by atoms with Gasteiger partial charge in [0.15, 0.2) is 11.6 Å². The van der Waals surface area contributed by atoms with Crippen molar-refractivity contribution < 1.29 is 41.1 Å². The molecule has 0 fully saturated rings. The van der Waals surface area contributed by atoms with Crippen molar-refractivity contribution in [3.8, 4) is 11.5 Å². The fraction of sp³-hybridized carbons (Fsp3) is 0.235. The first-order valence-corrected chi connectivity index (χ1v) is 7.87. The van der Waals surface area contributed by atoms with Crippen molar-refractivity contribution in [1.82, 2.24) is 5.12 Å². The monoisotopic (exact) mass is 420 g/mol. The van der Waals surface area contributed by atoms with E-state index in [4.69, 9.17) is 4.74 Å². The van der Waals surface area contributed by atoms with Crippen LogP contribution in [0.1, 0.15) is 15.9 Å². The quantitative estimate of drug-likeness (QED) is 0.317. The number of carbonyl (C=O) groups excluding carboxylic acids is 1. The maximum absolute atomic E-state index is 14.0. The minimum atomic E-state index is -5.09. The number of nitro groups is 1. The molecule has 2 rings (SSSR count). The smallest absolute Gasteiger partial charge is 0.419 e. The summed E-state index contributed by atoms with van der Waals surface area (Å²) in [4.78, 5) is 23.7. The summed E-state index contributed by atoms with van der Waals surface area (Å²) >= 11 is 0. The number of hydrogen-bond acceptors (Lipinski definition) is 4. The Labute approximate surface area is 161 Å². The maximum atomic E-state index is 14.0. The molecule has 29 heavy (non-hydrogen) atoms. The number of carbonyl (C=O) groups is 1. The molecular formula is C17H15F5N3O4+. The van der Waals surface area contributed by atoms with E-state index in [1.165, 1.54) is 39.3 Å². The van der Waals surface area contributed by atoms with Gasteiger partial charge in [-0.25, -0.2) is 14.5 Å². The SMILES string of the molecule is C[N+](C)(C)N(C(=O)c1cccc(Oc2ccc(C(F)(F)F)c(F)c2F)c1)[N+](=O)[O-]. The largest absolute Gasteiger partial charge is 0.454 e. The normalized spacial score (nSPS) is 11.9. The first kappa shape index (κ1) is 22.0. The zero-order chi connectivity index (χ0) is 22.1. The highest BCUT2D eigenvalue weighted by Gasteiger charge is 2.39. The molecule has 0 saturated carbocycles. The standard InChI is InChI=1S/C17H15F5N3O4/c1-25(2,3)23(24(27)28)16(26)10-5-4-6-11(9-10)29-13-8-7-12(17(20,21)22)14(18)15(13)19/h4-9H,1-3H3/q+1. The Bertz CT molecular complexity index is 957. The Morgan fingerprint density at radius 1 is 1.10 bits per heavy atom. The van der Waals surface area contributed by atoms with Gasteiger partial charge in [-0.1, -0.05) is 6.07 Å². The number of amides is 1. The number of alkyl halides is 3. The number of rotatable bonds is 5. The van der Waals surface area contributed by atoms with Gasteiger partial charge >= 0.3 is 12.1 Å². The van der Waals surface area contributed by atoms with E-state index in [0.29, 0.717) is 17.3 Å². The summed E-state index contributed by atoms with van der Waals surface area (Å²) in [6.07, 6.45) is -5.09. The van der Waals surface area contributed by atoms with E-state index in [1.54, 1.807) is 0 Å². The van der Waals surface area contributed by atoms with Gasteiger partial charge in [0.1, 0.15) is 10.9 Å². The molecule has 0 aliphatic rings. The topological polar surface area (TPSA) is 72.7 Å². The summed E-state index contributed by atoms with van der Waals surface area (Å²) in [6, 6.07) is 5.62. The molecular weight excluding hydrogens is 405 g/mol. The average molecular weight is 420 g/mol. The van der Waals surface area contributed by atoms with Gasteiger partial charge < -0.3 is 4.74 Å². The van der Waals surface area contributed by atoms with Gasteiger partial charge in [0.05, 0.1) is 32.3 Å². The third kappa shape index (κ3) is 4.77. The molecule has 12 heteroatoms. The molecule has 0 radical (unpaired) electrons. The van der Waals surface area contributed by atoms with Crippen LogP contribution in [0.25, 0.3) is 0 Å². The first-order valence-electron chi connectivity index (χ1n) is 7.87. The van der Waals surface area contributed by atoms with Crippen molar-refractivity contribution >= 4 is 5.91 Å². The van der Waals surface area contributed by atoms with Gasteiger partial charge in [-0.05, 0) is 30.3 Å². The summed E-state index contributed by atoms with van der Waals surface area (Å²) in [5.41, 5.74) is -2.00. The summed E-state index contributed by atoms with van der Waals surface area (Å²) in [5.74, 6) is -6.11.